The zero-order valence-corrected chi connectivity index (χ0v) is 16.0. The highest BCUT2D eigenvalue weighted by atomic mass is 16.4. The van der Waals surface area contributed by atoms with Gasteiger partial charge >= 0.3 is 0 Å². The predicted octanol–water partition coefficient (Wildman–Crippen LogP) is 0.0884. The Labute approximate surface area is 154 Å². The molecule has 0 heterocycles. The molecule has 0 amide bonds. The van der Waals surface area contributed by atoms with Gasteiger partial charge in [-0.05, 0) is 51.0 Å². The first-order chi connectivity index (χ1) is 11.7. The number of hydrogen-bond donors (Lipinski definition) is 6. The highest BCUT2D eigenvalue weighted by Crippen LogP contribution is 2.68. The second-order valence-corrected chi connectivity index (χ2v) is 10.3. The first kappa shape index (κ1) is 18.8. The molecule has 26 heavy (non-hydrogen) atoms. The maximum Gasteiger partial charge on any atom is 0.122 e. The van der Waals surface area contributed by atoms with Gasteiger partial charge in [-0.15, -0.1) is 0 Å². The molecule has 1 spiro atoms. The molecule has 0 unspecified atom stereocenters. The van der Waals surface area contributed by atoms with Gasteiger partial charge < -0.3 is 30.6 Å². The number of aliphatic hydroxyl groups is 6. The molecule has 0 aliphatic heterocycles. The van der Waals surface area contributed by atoms with Crippen LogP contribution < -0.4 is 0 Å². The minimum Gasteiger partial charge on any atom is -0.392 e. The smallest absolute Gasteiger partial charge is 0.122 e. The average molecular weight is 368 g/mol. The van der Waals surface area contributed by atoms with E-state index < -0.39 is 51.9 Å². The van der Waals surface area contributed by atoms with E-state index in [9.17, 15) is 30.6 Å². The Morgan fingerprint density at radius 2 is 1.58 bits per heavy atom. The van der Waals surface area contributed by atoms with E-state index in [-0.39, 0.29) is 24.3 Å². The summed E-state index contributed by atoms with van der Waals surface area (Å²) >= 11 is 0. The lowest BCUT2D eigenvalue weighted by atomic mass is 9.58. The van der Waals surface area contributed by atoms with Crippen LogP contribution in [0.2, 0.25) is 0 Å². The number of hydrogen-bond acceptors (Lipinski definition) is 6. The van der Waals surface area contributed by atoms with Crippen molar-refractivity contribution in [1.29, 1.82) is 0 Å². The van der Waals surface area contributed by atoms with Crippen LogP contribution in [0.1, 0.15) is 53.4 Å². The summed E-state index contributed by atoms with van der Waals surface area (Å²) in [7, 11) is 0. The van der Waals surface area contributed by atoms with Crippen LogP contribution in [-0.2, 0) is 0 Å². The van der Waals surface area contributed by atoms with Crippen LogP contribution in [0.15, 0.2) is 11.6 Å². The minimum atomic E-state index is -1.80. The van der Waals surface area contributed by atoms with E-state index >= 15 is 0 Å². The van der Waals surface area contributed by atoms with Crippen LogP contribution in [0.25, 0.3) is 0 Å². The van der Waals surface area contributed by atoms with Gasteiger partial charge in [-0.25, -0.2) is 0 Å². The third kappa shape index (κ3) is 1.84. The van der Waals surface area contributed by atoms with Gasteiger partial charge in [-0.3, -0.25) is 0 Å². The summed E-state index contributed by atoms with van der Waals surface area (Å²) in [6.45, 7) is 6.68. The molecule has 0 saturated heterocycles. The first-order valence-electron chi connectivity index (χ1n) is 9.67. The van der Waals surface area contributed by atoms with Crippen LogP contribution in [0.3, 0.4) is 0 Å². The molecule has 2 bridgehead atoms. The second kappa shape index (κ2) is 4.91. The van der Waals surface area contributed by atoms with Gasteiger partial charge in [0.05, 0.1) is 29.5 Å². The van der Waals surface area contributed by atoms with Gasteiger partial charge in [0.25, 0.3) is 0 Å². The molecular weight excluding hydrogens is 336 g/mol. The van der Waals surface area contributed by atoms with Gasteiger partial charge in [-0.1, -0.05) is 19.9 Å². The lowest BCUT2D eigenvalue weighted by Gasteiger charge is -2.49. The van der Waals surface area contributed by atoms with Crippen molar-refractivity contribution >= 4 is 0 Å². The van der Waals surface area contributed by atoms with Gasteiger partial charge in [0.1, 0.15) is 5.60 Å². The highest BCUT2D eigenvalue weighted by molar-refractivity contribution is 5.43. The predicted molar refractivity (Wildman–Crippen MR) is 94.0 cm³/mol. The SMILES string of the molecule is CC1(C)[C@@H](O)C=C2[C@](C)(O)[C@@H]3CC[C@@H]4[C@@H](O)[C@@]3(C[C@@H](O)[C@@]21O)C[C@@]4(C)O. The molecule has 3 fully saturated rings. The Morgan fingerprint density at radius 3 is 2.19 bits per heavy atom. The zero-order chi connectivity index (χ0) is 19.5. The monoisotopic (exact) mass is 368 g/mol. The average Bonchev–Trinajstić information content (AvgIpc) is 2.72. The van der Waals surface area contributed by atoms with Crippen molar-refractivity contribution in [3.8, 4) is 0 Å². The largest absolute Gasteiger partial charge is 0.392 e. The quantitative estimate of drug-likeness (QED) is 0.337. The zero-order valence-electron chi connectivity index (χ0n) is 16.0. The van der Waals surface area contributed by atoms with Crippen molar-refractivity contribution in [3.63, 3.8) is 0 Å². The van der Waals surface area contributed by atoms with Gasteiger partial charge in [0.15, 0.2) is 0 Å². The maximum absolute atomic E-state index is 11.6. The maximum atomic E-state index is 11.6. The van der Waals surface area contributed by atoms with E-state index in [1.165, 1.54) is 6.08 Å². The minimum absolute atomic E-state index is 0.0750. The summed E-state index contributed by atoms with van der Waals surface area (Å²) in [5.41, 5.74) is -6.10. The van der Waals surface area contributed by atoms with Crippen molar-refractivity contribution in [2.24, 2.45) is 22.7 Å². The number of rotatable bonds is 0. The van der Waals surface area contributed by atoms with Crippen LogP contribution in [0.5, 0.6) is 0 Å². The molecule has 0 aromatic heterocycles. The normalized spacial score (nSPS) is 60.8. The van der Waals surface area contributed by atoms with Crippen molar-refractivity contribution in [3.05, 3.63) is 11.6 Å². The Hall–Kier alpha value is -0.500. The van der Waals surface area contributed by atoms with Crippen LogP contribution in [0.4, 0.5) is 0 Å². The molecule has 0 aromatic rings. The number of aliphatic hydroxyl groups excluding tert-OH is 3. The molecular formula is C20H32O6. The van der Waals surface area contributed by atoms with Gasteiger partial charge in [-0.2, -0.15) is 0 Å². The summed E-state index contributed by atoms with van der Waals surface area (Å²) in [4.78, 5) is 0. The first-order valence-corrected chi connectivity index (χ1v) is 9.67. The topological polar surface area (TPSA) is 121 Å². The third-order valence-corrected chi connectivity index (χ3v) is 8.65. The van der Waals surface area contributed by atoms with Crippen molar-refractivity contribution < 1.29 is 30.6 Å². The molecule has 148 valence electrons. The van der Waals surface area contributed by atoms with E-state index in [2.05, 4.69) is 0 Å². The lowest BCUT2D eigenvalue weighted by molar-refractivity contribution is -0.153. The van der Waals surface area contributed by atoms with Crippen molar-refractivity contribution in [2.45, 2.75) is 88.5 Å². The fourth-order valence-electron chi connectivity index (χ4n) is 7.18. The molecule has 6 heteroatoms. The van der Waals surface area contributed by atoms with E-state index in [4.69, 9.17) is 0 Å². The fourth-order valence-corrected chi connectivity index (χ4v) is 7.18. The Balaban J connectivity index is 1.93. The van der Waals surface area contributed by atoms with E-state index in [0.717, 1.165) is 0 Å². The highest BCUT2D eigenvalue weighted by Gasteiger charge is 2.74. The molecule has 6 N–H and O–H groups in total. The summed E-state index contributed by atoms with van der Waals surface area (Å²) in [5.74, 6) is -0.729. The van der Waals surface area contributed by atoms with E-state index in [1.54, 1.807) is 27.7 Å². The molecule has 9 atom stereocenters. The van der Waals surface area contributed by atoms with Crippen molar-refractivity contribution in [2.75, 3.05) is 0 Å². The Kier molecular flexibility index (Phi) is 3.56. The molecule has 0 aromatic carbocycles. The summed E-state index contributed by atoms with van der Waals surface area (Å²) < 4.78 is 0. The summed E-state index contributed by atoms with van der Waals surface area (Å²) in [6, 6.07) is 0. The molecule has 4 aliphatic carbocycles. The van der Waals surface area contributed by atoms with Crippen LogP contribution in [-0.4, -0.2) is 65.8 Å². The second-order valence-electron chi connectivity index (χ2n) is 10.3. The van der Waals surface area contributed by atoms with Gasteiger partial charge in [0.2, 0.25) is 0 Å². The lowest BCUT2D eigenvalue weighted by Crippen LogP contribution is -2.58. The number of fused-ring (bicyclic) bond motifs is 2. The molecule has 4 aliphatic rings. The van der Waals surface area contributed by atoms with Crippen molar-refractivity contribution in [1.82, 2.24) is 0 Å². The Morgan fingerprint density at radius 1 is 0.962 bits per heavy atom. The van der Waals surface area contributed by atoms with E-state index in [0.29, 0.717) is 12.8 Å². The molecule has 4 rings (SSSR count). The molecule has 3 saturated carbocycles. The molecule has 0 radical (unpaired) electrons. The third-order valence-electron chi connectivity index (χ3n) is 8.65. The Bertz CT molecular complexity index is 667. The standard InChI is InChI=1S/C20H32O6/c1-16(2)13(21)7-12-18(4,25)11-6-5-10-15(23)19(11,9-17(10,3)24)8-14(22)20(12,16)26/h7,10-11,13-15,21-26H,5-6,8-9H2,1-4H3/t10-,11+,13+,14-,15-,17-,18-,19+,20+/m1/s1. The van der Waals surface area contributed by atoms with E-state index in [1.807, 2.05) is 0 Å². The summed E-state index contributed by atoms with van der Waals surface area (Å²) in [5, 5.41) is 66.8. The summed E-state index contributed by atoms with van der Waals surface area (Å²) in [6.07, 6.45) is -0.125. The fraction of sp³-hybridized carbons (Fsp3) is 0.900. The molecule has 6 nitrogen and oxygen atoms in total. The van der Waals surface area contributed by atoms with Crippen LogP contribution in [0, 0.1) is 22.7 Å². The van der Waals surface area contributed by atoms with Gasteiger partial charge in [0, 0.05) is 16.7 Å². The van der Waals surface area contributed by atoms with Crippen LogP contribution >= 0.6 is 0 Å².